The van der Waals surface area contributed by atoms with Gasteiger partial charge in [-0.1, -0.05) is 60.7 Å². The van der Waals surface area contributed by atoms with Crippen molar-refractivity contribution in [1.82, 2.24) is 0 Å². The summed E-state index contributed by atoms with van der Waals surface area (Å²) in [6.45, 7) is 0. The highest BCUT2D eigenvalue weighted by Crippen LogP contribution is 2.46. The number of benzene rings is 6. The van der Waals surface area contributed by atoms with E-state index in [-0.39, 0.29) is 5.56 Å². The van der Waals surface area contributed by atoms with Crippen molar-refractivity contribution >= 4 is 70.5 Å². The molecule has 6 heteroatoms. The summed E-state index contributed by atoms with van der Waals surface area (Å²) in [7, 11) is 0. The molecule has 2 heterocycles. The van der Waals surface area contributed by atoms with E-state index in [1.807, 2.05) is 54.6 Å². The van der Waals surface area contributed by atoms with Gasteiger partial charge in [-0.2, -0.15) is 0 Å². The molecule has 2 aromatic heterocycles. The van der Waals surface area contributed by atoms with Crippen LogP contribution < -0.4 is 4.90 Å². The molecule has 0 atom stereocenters. The zero-order valence-corrected chi connectivity index (χ0v) is 22.8. The van der Waals surface area contributed by atoms with E-state index in [0.29, 0.717) is 17.7 Å². The smallest absolute Gasteiger partial charge is 0.159 e. The minimum atomic E-state index is -0.952. The molecule has 0 aliphatic heterocycles. The molecule has 0 bridgehead atoms. The molecule has 0 aliphatic rings. The van der Waals surface area contributed by atoms with Crippen LogP contribution >= 0.6 is 11.3 Å². The maximum Gasteiger partial charge on any atom is 0.159 e. The number of halogens is 3. The molecule has 0 unspecified atom stereocenters. The van der Waals surface area contributed by atoms with Crippen molar-refractivity contribution in [2.45, 2.75) is 0 Å². The molecule has 0 amide bonds. The van der Waals surface area contributed by atoms with Gasteiger partial charge in [-0.25, -0.2) is 13.2 Å². The molecule has 0 saturated carbocycles. The Hall–Kier alpha value is -5.07. The van der Waals surface area contributed by atoms with E-state index >= 15 is 0 Å². The number of fused-ring (bicyclic) bond motifs is 7. The topological polar surface area (TPSA) is 16.4 Å². The van der Waals surface area contributed by atoms with Gasteiger partial charge in [0.25, 0.3) is 0 Å². The van der Waals surface area contributed by atoms with Gasteiger partial charge in [0, 0.05) is 54.5 Å². The molecule has 6 aromatic carbocycles. The van der Waals surface area contributed by atoms with Gasteiger partial charge in [0.05, 0.1) is 11.3 Å². The minimum Gasteiger partial charge on any atom is -0.453 e. The Morgan fingerprint density at radius 3 is 2.00 bits per heavy atom. The van der Waals surface area contributed by atoms with Crippen LogP contribution in [0.1, 0.15) is 0 Å². The first-order valence-electron chi connectivity index (χ1n) is 13.4. The average Bonchev–Trinajstić information content (AvgIpc) is 3.57. The zero-order valence-electron chi connectivity index (χ0n) is 21.9. The van der Waals surface area contributed by atoms with Gasteiger partial charge in [0.1, 0.15) is 23.0 Å². The van der Waals surface area contributed by atoms with Gasteiger partial charge in [-0.3, -0.25) is 0 Å². The van der Waals surface area contributed by atoms with E-state index in [0.717, 1.165) is 44.4 Å². The Kier molecular flexibility index (Phi) is 5.59. The third kappa shape index (κ3) is 3.80. The molecule has 0 radical (unpaired) electrons. The maximum absolute atomic E-state index is 14.5. The standard InChI is InChI=1S/C36H20F3NOS/c37-22-19-28(38)33(29(39)20-22)21-13-15-24(16-14-21)40(23-7-2-1-3-8-23)30-11-6-10-25-26-17-18-32-34(36(26)41-35(25)30)27-9-4-5-12-31(27)42-32/h1-20H. The molecule has 0 fully saturated rings. The Morgan fingerprint density at radius 1 is 0.548 bits per heavy atom. The molecule has 0 saturated heterocycles. The molecular formula is C36H20F3NOS. The van der Waals surface area contributed by atoms with Crippen molar-refractivity contribution in [3.63, 3.8) is 0 Å². The summed E-state index contributed by atoms with van der Waals surface area (Å²) in [6.07, 6.45) is 0. The van der Waals surface area contributed by atoms with Gasteiger partial charge in [-0.05, 0) is 54.1 Å². The maximum atomic E-state index is 14.5. The summed E-state index contributed by atoms with van der Waals surface area (Å²) in [5.74, 6) is -2.84. The van der Waals surface area contributed by atoms with E-state index in [2.05, 4.69) is 35.2 Å². The molecule has 8 aromatic rings. The fraction of sp³-hybridized carbons (Fsp3) is 0. The zero-order chi connectivity index (χ0) is 28.4. The third-order valence-electron chi connectivity index (χ3n) is 7.66. The van der Waals surface area contributed by atoms with Crippen molar-refractivity contribution in [3.05, 3.63) is 139 Å². The lowest BCUT2D eigenvalue weighted by Crippen LogP contribution is -2.10. The SMILES string of the molecule is Fc1cc(F)c(-c2ccc(N(c3ccccc3)c3cccc4c3oc3c4ccc4sc5ccccc5c43)cc2)c(F)c1. The number of rotatable bonds is 4. The molecule has 202 valence electrons. The van der Waals surface area contributed by atoms with Crippen LogP contribution in [0.2, 0.25) is 0 Å². The van der Waals surface area contributed by atoms with Crippen LogP contribution in [0.25, 0.3) is 53.2 Å². The lowest BCUT2D eigenvalue weighted by Gasteiger charge is -2.25. The molecule has 0 spiro atoms. The molecular weight excluding hydrogens is 551 g/mol. The molecule has 0 N–H and O–H groups in total. The fourth-order valence-electron chi connectivity index (χ4n) is 5.83. The van der Waals surface area contributed by atoms with Crippen molar-refractivity contribution in [3.8, 4) is 11.1 Å². The molecule has 2 nitrogen and oxygen atoms in total. The lowest BCUT2D eigenvalue weighted by molar-refractivity contribution is 0.548. The molecule has 0 aliphatic carbocycles. The van der Waals surface area contributed by atoms with E-state index in [1.54, 1.807) is 35.6 Å². The highest BCUT2D eigenvalue weighted by molar-refractivity contribution is 7.26. The van der Waals surface area contributed by atoms with Crippen LogP contribution in [0.4, 0.5) is 30.2 Å². The Balaban J connectivity index is 1.34. The number of anilines is 3. The van der Waals surface area contributed by atoms with Crippen molar-refractivity contribution < 1.29 is 17.6 Å². The van der Waals surface area contributed by atoms with Crippen molar-refractivity contribution in [2.75, 3.05) is 4.90 Å². The lowest BCUT2D eigenvalue weighted by atomic mass is 10.0. The van der Waals surface area contributed by atoms with Gasteiger partial charge < -0.3 is 9.32 Å². The van der Waals surface area contributed by atoms with Crippen LogP contribution in [0, 0.1) is 17.5 Å². The number of thiophene rings is 1. The van der Waals surface area contributed by atoms with E-state index in [4.69, 9.17) is 4.42 Å². The second-order valence-corrected chi connectivity index (χ2v) is 11.2. The monoisotopic (exact) mass is 571 g/mol. The van der Waals surface area contributed by atoms with Crippen LogP contribution in [-0.2, 0) is 0 Å². The molecule has 8 rings (SSSR count). The van der Waals surface area contributed by atoms with Gasteiger partial charge in [0.2, 0.25) is 0 Å². The number of nitrogens with zero attached hydrogens (tertiary/aromatic N) is 1. The normalized spacial score (nSPS) is 11.7. The number of hydrogen-bond acceptors (Lipinski definition) is 3. The van der Waals surface area contributed by atoms with Crippen molar-refractivity contribution in [1.29, 1.82) is 0 Å². The first kappa shape index (κ1) is 24.7. The van der Waals surface area contributed by atoms with Gasteiger partial charge in [0.15, 0.2) is 5.58 Å². The Labute approximate surface area is 242 Å². The number of furan rings is 1. The summed E-state index contributed by atoms with van der Waals surface area (Å²) < 4.78 is 51.7. The average molecular weight is 572 g/mol. The van der Waals surface area contributed by atoms with Crippen LogP contribution in [0.15, 0.2) is 126 Å². The number of para-hydroxylation sites is 2. The second-order valence-electron chi connectivity index (χ2n) is 10.1. The highest BCUT2D eigenvalue weighted by atomic mass is 32.1. The largest absolute Gasteiger partial charge is 0.453 e. The summed E-state index contributed by atoms with van der Waals surface area (Å²) in [5.41, 5.74) is 4.12. The summed E-state index contributed by atoms with van der Waals surface area (Å²) in [5, 5.41) is 4.30. The van der Waals surface area contributed by atoms with Gasteiger partial charge >= 0.3 is 0 Å². The Morgan fingerprint density at radius 2 is 1.21 bits per heavy atom. The van der Waals surface area contributed by atoms with E-state index < -0.39 is 17.5 Å². The number of hydrogen-bond donors (Lipinski definition) is 0. The van der Waals surface area contributed by atoms with Gasteiger partial charge in [-0.15, -0.1) is 11.3 Å². The highest BCUT2D eigenvalue weighted by Gasteiger charge is 2.22. The fourth-order valence-corrected chi connectivity index (χ4v) is 6.93. The first-order valence-corrected chi connectivity index (χ1v) is 14.2. The van der Waals surface area contributed by atoms with Crippen molar-refractivity contribution in [2.24, 2.45) is 0 Å². The van der Waals surface area contributed by atoms with Crippen LogP contribution in [0.5, 0.6) is 0 Å². The molecule has 42 heavy (non-hydrogen) atoms. The predicted molar refractivity (Wildman–Crippen MR) is 167 cm³/mol. The predicted octanol–water partition coefficient (Wildman–Crippen LogP) is 11.5. The van der Waals surface area contributed by atoms with Crippen LogP contribution in [0.3, 0.4) is 0 Å². The third-order valence-corrected chi connectivity index (χ3v) is 8.80. The summed E-state index contributed by atoms with van der Waals surface area (Å²) in [4.78, 5) is 2.06. The summed E-state index contributed by atoms with van der Waals surface area (Å²) in [6, 6.07) is 36.9. The quantitative estimate of drug-likeness (QED) is 0.209. The van der Waals surface area contributed by atoms with E-state index in [9.17, 15) is 13.2 Å². The second kappa shape index (κ2) is 9.50. The first-order chi connectivity index (χ1) is 20.6. The van der Waals surface area contributed by atoms with E-state index in [1.165, 1.54) is 14.8 Å². The van der Waals surface area contributed by atoms with Crippen LogP contribution in [-0.4, -0.2) is 0 Å². The summed E-state index contributed by atoms with van der Waals surface area (Å²) >= 11 is 1.75. The minimum absolute atomic E-state index is 0.263. The Bertz CT molecular complexity index is 2260.